The highest BCUT2D eigenvalue weighted by atomic mass is 19.4. The van der Waals surface area contributed by atoms with E-state index in [1.54, 1.807) is 19.9 Å². The van der Waals surface area contributed by atoms with Crippen molar-refractivity contribution >= 4 is 22.2 Å². The number of aromatic nitrogens is 2. The molecule has 0 unspecified atom stereocenters. The topological polar surface area (TPSA) is 37.8 Å². The summed E-state index contributed by atoms with van der Waals surface area (Å²) in [5.41, 5.74) is 1.60. The number of nitrogens with one attached hydrogen (secondary N) is 1. The molecular weight excluding hydrogens is 401 g/mol. The second-order valence-electron chi connectivity index (χ2n) is 7.32. The molecule has 3 nitrogen and oxygen atoms in total. The Morgan fingerprint density at radius 3 is 2.57 bits per heavy atom. The van der Waals surface area contributed by atoms with E-state index in [9.17, 15) is 22.0 Å². The molecule has 0 amide bonds. The van der Waals surface area contributed by atoms with E-state index in [0.29, 0.717) is 27.9 Å². The van der Waals surface area contributed by atoms with E-state index in [1.807, 2.05) is 0 Å². The van der Waals surface area contributed by atoms with Crippen molar-refractivity contribution in [2.75, 3.05) is 5.32 Å². The molecule has 0 saturated heterocycles. The average Bonchev–Trinajstić information content (AvgIpc) is 2.66. The van der Waals surface area contributed by atoms with Gasteiger partial charge in [-0.3, -0.25) is 0 Å². The van der Waals surface area contributed by atoms with Crippen molar-refractivity contribution in [2.24, 2.45) is 5.92 Å². The van der Waals surface area contributed by atoms with E-state index in [4.69, 9.17) is 0 Å². The van der Waals surface area contributed by atoms with Crippen LogP contribution in [-0.4, -0.2) is 16.1 Å². The van der Waals surface area contributed by atoms with Crippen LogP contribution in [0.15, 0.2) is 42.6 Å². The molecule has 2 atom stereocenters. The van der Waals surface area contributed by atoms with Crippen molar-refractivity contribution in [3.8, 4) is 0 Å². The molecule has 3 aromatic rings. The van der Waals surface area contributed by atoms with Crippen molar-refractivity contribution in [1.82, 2.24) is 9.97 Å². The van der Waals surface area contributed by atoms with E-state index in [-0.39, 0.29) is 17.6 Å². The van der Waals surface area contributed by atoms with Crippen molar-refractivity contribution in [2.45, 2.75) is 32.5 Å². The van der Waals surface area contributed by atoms with Crippen molar-refractivity contribution in [3.63, 3.8) is 0 Å². The number of rotatable bonds is 2. The monoisotopic (exact) mass is 419 g/mol. The highest BCUT2D eigenvalue weighted by molar-refractivity contribution is 5.91. The van der Waals surface area contributed by atoms with Crippen LogP contribution < -0.4 is 5.32 Å². The molecule has 30 heavy (non-hydrogen) atoms. The quantitative estimate of drug-likeness (QED) is 0.492. The fraction of sp³-hybridized carbons (Fsp3) is 0.273. The molecule has 1 aromatic heterocycles. The van der Waals surface area contributed by atoms with Gasteiger partial charge in [-0.25, -0.2) is 18.7 Å². The van der Waals surface area contributed by atoms with Gasteiger partial charge in [-0.15, -0.1) is 0 Å². The van der Waals surface area contributed by atoms with Gasteiger partial charge in [-0.1, -0.05) is 12.1 Å². The van der Waals surface area contributed by atoms with E-state index >= 15 is 0 Å². The van der Waals surface area contributed by atoms with Crippen molar-refractivity contribution in [3.05, 3.63) is 71.2 Å². The van der Waals surface area contributed by atoms with E-state index in [2.05, 4.69) is 15.3 Å². The third-order valence-electron chi connectivity index (χ3n) is 5.40. The molecular formula is C22H18F5N3. The molecule has 2 aromatic carbocycles. The zero-order chi connectivity index (χ0) is 21.6. The number of aryl methyl sites for hydroxylation is 1. The van der Waals surface area contributed by atoms with Crippen LogP contribution >= 0.6 is 0 Å². The van der Waals surface area contributed by atoms with Crippen LogP contribution in [0, 0.1) is 24.5 Å². The minimum absolute atomic E-state index is 0.156. The molecule has 1 aliphatic carbocycles. The fourth-order valence-electron chi connectivity index (χ4n) is 4.00. The molecule has 0 fully saturated rings. The second kappa shape index (κ2) is 7.34. The normalized spacial score (nSPS) is 20.4. The SMILES string of the molecule is C/C=C1/C[C@H](C(F)(F)F)[C@H](Nc2cc(F)cc3nc(C)ncc23)c2ccc(F)cc21. The summed E-state index contributed by atoms with van der Waals surface area (Å²) in [6.45, 7) is 3.27. The first-order valence-electron chi connectivity index (χ1n) is 9.38. The van der Waals surface area contributed by atoms with Crippen LogP contribution in [0.2, 0.25) is 0 Å². The Kier molecular flexibility index (Phi) is 4.95. The predicted octanol–water partition coefficient (Wildman–Crippen LogP) is 6.36. The molecule has 1 N–H and O–H groups in total. The third-order valence-corrected chi connectivity index (χ3v) is 5.40. The number of nitrogens with zero attached hydrogens (tertiary/aromatic N) is 2. The summed E-state index contributed by atoms with van der Waals surface area (Å²) < 4.78 is 70.0. The molecule has 0 radical (unpaired) electrons. The number of halogens is 5. The van der Waals surface area contributed by atoms with Crippen LogP contribution in [0.3, 0.4) is 0 Å². The van der Waals surface area contributed by atoms with Crippen LogP contribution in [0.1, 0.15) is 36.3 Å². The maximum atomic E-state index is 14.2. The lowest BCUT2D eigenvalue weighted by molar-refractivity contribution is -0.178. The van der Waals surface area contributed by atoms with Gasteiger partial charge in [0, 0.05) is 23.3 Å². The summed E-state index contributed by atoms with van der Waals surface area (Å²) in [5, 5.41) is 3.28. The number of allylic oxidation sites excluding steroid dienone is 2. The molecule has 1 aliphatic rings. The van der Waals surface area contributed by atoms with Gasteiger partial charge in [0.1, 0.15) is 17.5 Å². The lowest BCUT2D eigenvalue weighted by atomic mass is 9.76. The number of hydrogen-bond donors (Lipinski definition) is 1. The zero-order valence-electron chi connectivity index (χ0n) is 16.2. The van der Waals surface area contributed by atoms with E-state index < -0.39 is 29.8 Å². The van der Waals surface area contributed by atoms with Gasteiger partial charge in [-0.2, -0.15) is 13.2 Å². The molecule has 156 valence electrons. The molecule has 1 heterocycles. The Morgan fingerprint density at radius 2 is 1.87 bits per heavy atom. The third kappa shape index (κ3) is 3.62. The second-order valence-corrected chi connectivity index (χ2v) is 7.32. The summed E-state index contributed by atoms with van der Waals surface area (Å²) in [4.78, 5) is 8.25. The number of hydrogen-bond acceptors (Lipinski definition) is 3. The Bertz CT molecular complexity index is 1150. The Labute approximate surface area is 169 Å². The Balaban J connectivity index is 1.89. The Morgan fingerprint density at radius 1 is 1.10 bits per heavy atom. The summed E-state index contributed by atoms with van der Waals surface area (Å²) in [7, 11) is 0. The first kappa shape index (κ1) is 20.3. The molecule has 0 bridgehead atoms. The first-order valence-corrected chi connectivity index (χ1v) is 9.38. The highest BCUT2D eigenvalue weighted by Gasteiger charge is 2.48. The van der Waals surface area contributed by atoms with Crippen molar-refractivity contribution in [1.29, 1.82) is 0 Å². The maximum Gasteiger partial charge on any atom is 0.394 e. The van der Waals surface area contributed by atoms with Crippen LogP contribution in [-0.2, 0) is 0 Å². The first-order chi connectivity index (χ1) is 14.2. The Hall–Kier alpha value is -3.03. The minimum atomic E-state index is -4.52. The molecule has 0 spiro atoms. The maximum absolute atomic E-state index is 14.2. The van der Waals surface area contributed by atoms with Crippen LogP contribution in [0.25, 0.3) is 16.5 Å². The summed E-state index contributed by atoms with van der Waals surface area (Å²) in [5.74, 6) is -2.51. The minimum Gasteiger partial charge on any atom is -0.377 e. The van der Waals surface area contributed by atoms with Gasteiger partial charge < -0.3 is 5.32 Å². The van der Waals surface area contributed by atoms with Crippen LogP contribution in [0.5, 0.6) is 0 Å². The summed E-state index contributed by atoms with van der Waals surface area (Å²) >= 11 is 0. The number of benzene rings is 2. The summed E-state index contributed by atoms with van der Waals surface area (Å²) in [6.07, 6.45) is -1.81. The van der Waals surface area contributed by atoms with Gasteiger partial charge in [-0.05, 0) is 55.2 Å². The highest BCUT2D eigenvalue weighted by Crippen LogP contribution is 2.49. The molecule has 4 rings (SSSR count). The smallest absolute Gasteiger partial charge is 0.377 e. The molecule has 8 heteroatoms. The lowest BCUT2D eigenvalue weighted by Crippen LogP contribution is -2.36. The van der Waals surface area contributed by atoms with Gasteiger partial charge >= 0.3 is 6.18 Å². The number of alkyl halides is 3. The zero-order valence-corrected chi connectivity index (χ0v) is 16.2. The molecule has 0 saturated carbocycles. The van der Waals surface area contributed by atoms with Gasteiger partial charge in [0.05, 0.1) is 17.5 Å². The van der Waals surface area contributed by atoms with Gasteiger partial charge in [0.25, 0.3) is 0 Å². The fourth-order valence-corrected chi connectivity index (χ4v) is 4.00. The van der Waals surface area contributed by atoms with Crippen molar-refractivity contribution < 1.29 is 22.0 Å². The van der Waals surface area contributed by atoms with Gasteiger partial charge in [0.2, 0.25) is 0 Å². The number of fused-ring (bicyclic) bond motifs is 2. The summed E-state index contributed by atoms with van der Waals surface area (Å²) in [6, 6.07) is 4.83. The van der Waals surface area contributed by atoms with E-state index in [1.165, 1.54) is 24.4 Å². The average molecular weight is 419 g/mol. The predicted molar refractivity (Wildman–Crippen MR) is 105 cm³/mol. The van der Waals surface area contributed by atoms with Crippen LogP contribution in [0.4, 0.5) is 27.6 Å². The van der Waals surface area contributed by atoms with E-state index in [0.717, 1.165) is 12.1 Å². The molecule has 0 aliphatic heterocycles. The standard InChI is InChI=1S/C22H18F5N3/c1-3-12-6-18(22(25,26)27)21(15-5-4-13(23)7-16(12)15)30-20-9-14(24)8-19-17(20)10-28-11(2)29-19/h3-5,7-10,18,21,30H,6H2,1-2H3/b12-3-/t18-,21+/m0/s1. The number of anilines is 1. The lowest BCUT2D eigenvalue weighted by Gasteiger charge is -2.37. The van der Waals surface area contributed by atoms with Gasteiger partial charge in [0.15, 0.2) is 0 Å². The largest absolute Gasteiger partial charge is 0.394 e.